The Bertz CT molecular complexity index is 617. The zero-order valence-electron chi connectivity index (χ0n) is 15.5. The van der Waals surface area contributed by atoms with Crippen molar-refractivity contribution < 1.29 is 12.8 Å². The van der Waals surface area contributed by atoms with Gasteiger partial charge in [0.15, 0.2) is 0 Å². The van der Waals surface area contributed by atoms with Gasteiger partial charge >= 0.3 is 0 Å². The zero-order valence-corrected chi connectivity index (χ0v) is 16.3. The highest BCUT2D eigenvalue weighted by Crippen LogP contribution is 2.25. The van der Waals surface area contributed by atoms with E-state index in [9.17, 15) is 8.42 Å². The first-order valence-electron chi connectivity index (χ1n) is 8.63. The fraction of sp³-hybridized carbons (Fsp3) is 0.765. The van der Waals surface area contributed by atoms with Crippen LogP contribution in [-0.4, -0.2) is 62.2 Å². The van der Waals surface area contributed by atoms with Gasteiger partial charge in [-0.1, -0.05) is 13.8 Å². The van der Waals surface area contributed by atoms with E-state index in [-0.39, 0.29) is 6.54 Å². The molecule has 7 heteroatoms. The summed E-state index contributed by atoms with van der Waals surface area (Å²) in [4.78, 5) is 2.00. The summed E-state index contributed by atoms with van der Waals surface area (Å²) >= 11 is 0. The third-order valence-corrected chi connectivity index (χ3v) is 6.33. The van der Waals surface area contributed by atoms with Crippen molar-refractivity contribution in [2.24, 2.45) is 11.8 Å². The molecule has 0 spiro atoms. The molecule has 1 aliphatic heterocycles. The maximum atomic E-state index is 13.2. The van der Waals surface area contributed by atoms with Gasteiger partial charge in [-0.25, -0.2) is 0 Å². The molecule has 24 heavy (non-hydrogen) atoms. The molecule has 0 aliphatic carbocycles. The molecule has 138 valence electrons. The molecule has 0 N–H and O–H groups in total. The predicted molar refractivity (Wildman–Crippen MR) is 95.8 cm³/mol. The molecule has 1 saturated heterocycles. The molecule has 1 aromatic rings. The lowest BCUT2D eigenvalue weighted by Gasteiger charge is -2.37. The average Bonchev–Trinajstić information content (AvgIpc) is 2.87. The summed E-state index contributed by atoms with van der Waals surface area (Å²) in [6.07, 6.45) is 1.08. The topological polar surface area (TPSA) is 57.0 Å². The van der Waals surface area contributed by atoms with Crippen LogP contribution in [0.25, 0.3) is 0 Å². The van der Waals surface area contributed by atoms with Crippen LogP contribution in [0.3, 0.4) is 0 Å². The first-order valence-corrected chi connectivity index (χ1v) is 10.0. The smallest absolute Gasteiger partial charge is 0.282 e. The molecule has 0 saturated carbocycles. The van der Waals surface area contributed by atoms with Crippen molar-refractivity contribution in [2.75, 3.05) is 40.3 Å². The largest absolute Gasteiger partial charge is 0.465 e. The van der Waals surface area contributed by atoms with E-state index < -0.39 is 10.2 Å². The van der Waals surface area contributed by atoms with Gasteiger partial charge in [-0.05, 0) is 51.4 Å². The van der Waals surface area contributed by atoms with Gasteiger partial charge in [-0.3, -0.25) is 0 Å². The number of likely N-dealkylation sites (N-methyl/N-ethyl adjacent to an activating group) is 1. The highest BCUT2D eigenvalue weighted by Gasteiger charge is 2.35. The number of hydrogen-bond donors (Lipinski definition) is 0. The molecule has 0 amide bonds. The Balaban J connectivity index is 2.19. The van der Waals surface area contributed by atoms with E-state index in [0.29, 0.717) is 43.8 Å². The Morgan fingerprint density at radius 2 is 1.79 bits per heavy atom. The summed E-state index contributed by atoms with van der Waals surface area (Å²) in [5.41, 5.74) is 0. The molecular weight excluding hydrogens is 326 g/mol. The first kappa shape index (κ1) is 19.4. The van der Waals surface area contributed by atoms with Crippen LogP contribution in [0.15, 0.2) is 16.5 Å². The molecule has 2 unspecified atom stereocenters. The maximum Gasteiger partial charge on any atom is 0.282 e. The maximum absolute atomic E-state index is 13.2. The van der Waals surface area contributed by atoms with Crippen molar-refractivity contribution >= 4 is 10.2 Å². The lowest BCUT2D eigenvalue weighted by molar-refractivity contribution is 0.203. The number of hydrogen-bond acceptors (Lipinski definition) is 4. The van der Waals surface area contributed by atoms with Gasteiger partial charge in [0.05, 0.1) is 6.54 Å². The Hall–Kier alpha value is -0.890. The van der Waals surface area contributed by atoms with Crippen molar-refractivity contribution in [2.45, 2.75) is 33.7 Å². The summed E-state index contributed by atoms with van der Waals surface area (Å²) in [6.45, 7) is 8.73. The summed E-state index contributed by atoms with van der Waals surface area (Å²) in [5, 5.41) is 0. The van der Waals surface area contributed by atoms with E-state index in [2.05, 4.69) is 13.8 Å². The van der Waals surface area contributed by atoms with Crippen LogP contribution < -0.4 is 0 Å². The number of furan rings is 1. The zero-order chi connectivity index (χ0) is 17.9. The second kappa shape index (κ2) is 7.99. The standard InChI is InChI=1S/C17H31N3O3S/c1-14-10-15(2)12-20(11-14)24(21,22)19(9-8-18(4)5)13-17-7-6-16(3)23-17/h6-7,14-15H,8-13H2,1-5H3. The van der Waals surface area contributed by atoms with Crippen LogP contribution in [0.2, 0.25) is 0 Å². The second-order valence-electron chi connectivity index (χ2n) is 7.42. The van der Waals surface area contributed by atoms with Gasteiger partial charge in [-0.15, -0.1) is 0 Å². The van der Waals surface area contributed by atoms with E-state index >= 15 is 0 Å². The van der Waals surface area contributed by atoms with Gasteiger partial charge in [0.25, 0.3) is 10.2 Å². The van der Waals surface area contributed by atoms with Crippen LogP contribution in [0, 0.1) is 18.8 Å². The Morgan fingerprint density at radius 1 is 1.17 bits per heavy atom. The number of nitrogens with zero attached hydrogens (tertiary/aromatic N) is 3. The summed E-state index contributed by atoms with van der Waals surface area (Å²) in [5.74, 6) is 2.28. The highest BCUT2D eigenvalue weighted by molar-refractivity contribution is 7.86. The molecule has 2 heterocycles. The molecule has 6 nitrogen and oxygen atoms in total. The Kier molecular flexibility index (Phi) is 6.47. The minimum Gasteiger partial charge on any atom is -0.465 e. The fourth-order valence-corrected chi connectivity index (χ4v) is 5.10. The predicted octanol–water partition coefficient (Wildman–Crippen LogP) is 2.17. The van der Waals surface area contributed by atoms with E-state index in [0.717, 1.165) is 12.2 Å². The fourth-order valence-electron chi connectivity index (χ4n) is 3.29. The third-order valence-electron chi connectivity index (χ3n) is 4.41. The van der Waals surface area contributed by atoms with E-state index in [4.69, 9.17) is 4.42 Å². The van der Waals surface area contributed by atoms with Crippen LogP contribution in [0.4, 0.5) is 0 Å². The molecule has 1 aliphatic rings. The molecular formula is C17H31N3O3S. The SMILES string of the molecule is Cc1ccc(CN(CCN(C)C)S(=O)(=O)N2CC(C)CC(C)C2)o1. The molecule has 2 rings (SSSR count). The van der Waals surface area contributed by atoms with Crippen LogP contribution in [0.5, 0.6) is 0 Å². The molecule has 0 bridgehead atoms. The van der Waals surface area contributed by atoms with E-state index in [1.54, 1.807) is 8.61 Å². The molecule has 1 fully saturated rings. The monoisotopic (exact) mass is 357 g/mol. The molecule has 0 radical (unpaired) electrons. The van der Waals surface area contributed by atoms with Gasteiger partial charge in [0.1, 0.15) is 11.5 Å². The van der Waals surface area contributed by atoms with Gasteiger partial charge < -0.3 is 9.32 Å². The normalized spacial score (nSPS) is 23.3. The highest BCUT2D eigenvalue weighted by atomic mass is 32.2. The van der Waals surface area contributed by atoms with Crippen molar-refractivity contribution in [3.63, 3.8) is 0 Å². The lowest BCUT2D eigenvalue weighted by Crippen LogP contribution is -2.50. The first-order chi connectivity index (χ1) is 11.2. The van der Waals surface area contributed by atoms with Crippen LogP contribution in [-0.2, 0) is 16.8 Å². The Morgan fingerprint density at radius 3 is 2.29 bits per heavy atom. The van der Waals surface area contributed by atoms with E-state index in [1.807, 2.05) is 38.1 Å². The minimum absolute atomic E-state index is 0.281. The van der Waals surface area contributed by atoms with Crippen LogP contribution >= 0.6 is 0 Å². The summed E-state index contributed by atoms with van der Waals surface area (Å²) in [7, 11) is 0.408. The number of aryl methyl sites for hydroxylation is 1. The van der Waals surface area contributed by atoms with Crippen molar-refractivity contribution in [3.8, 4) is 0 Å². The minimum atomic E-state index is -3.49. The lowest BCUT2D eigenvalue weighted by atomic mass is 9.94. The van der Waals surface area contributed by atoms with Gasteiger partial charge in [0, 0.05) is 26.2 Å². The second-order valence-corrected chi connectivity index (χ2v) is 9.35. The summed E-state index contributed by atoms with van der Waals surface area (Å²) < 4.78 is 35.2. The number of rotatable bonds is 7. The molecule has 2 atom stereocenters. The third kappa shape index (κ3) is 5.05. The quantitative estimate of drug-likeness (QED) is 0.750. The van der Waals surface area contributed by atoms with Crippen molar-refractivity contribution in [3.05, 3.63) is 23.7 Å². The van der Waals surface area contributed by atoms with Gasteiger partial charge in [-0.2, -0.15) is 17.0 Å². The summed E-state index contributed by atoms with van der Waals surface area (Å²) in [6, 6.07) is 3.73. The van der Waals surface area contributed by atoms with Crippen LogP contribution in [0.1, 0.15) is 31.8 Å². The van der Waals surface area contributed by atoms with Gasteiger partial charge in [0.2, 0.25) is 0 Å². The number of piperidine rings is 1. The Labute approximate surface area is 146 Å². The average molecular weight is 358 g/mol. The van der Waals surface area contributed by atoms with Crippen molar-refractivity contribution in [1.82, 2.24) is 13.5 Å². The van der Waals surface area contributed by atoms with Crippen molar-refractivity contribution in [1.29, 1.82) is 0 Å². The van der Waals surface area contributed by atoms with E-state index in [1.165, 1.54) is 0 Å². The molecule has 1 aromatic heterocycles. The molecule has 0 aromatic carbocycles.